The average Bonchev–Trinajstić information content (AvgIpc) is 2.42. The molecule has 0 aromatic carbocycles. The first-order valence-electron chi connectivity index (χ1n) is 8.32. The highest BCUT2D eigenvalue weighted by Crippen LogP contribution is 2.38. The van der Waals surface area contributed by atoms with Crippen molar-refractivity contribution in [3.8, 4) is 6.07 Å². The second kappa shape index (κ2) is 8.98. The Kier molecular flexibility index (Phi) is 8.02. The van der Waals surface area contributed by atoms with Crippen LogP contribution in [0, 0.1) is 11.3 Å². The maximum Gasteiger partial charge on any atom is 0.165 e. The van der Waals surface area contributed by atoms with E-state index >= 15 is 0 Å². The van der Waals surface area contributed by atoms with Crippen LogP contribution in [-0.2, 0) is 9.47 Å². The number of unbranched alkanes of at least 4 members (excludes halogenated alkanes) is 4. The molecule has 0 amide bonds. The van der Waals surface area contributed by atoms with Crippen molar-refractivity contribution >= 4 is 11.6 Å². The van der Waals surface area contributed by atoms with Gasteiger partial charge in [0.15, 0.2) is 11.4 Å². The molecule has 1 fully saturated rings. The molecule has 0 N–H and O–H groups in total. The number of hydrogen-bond acceptors (Lipinski definition) is 3. The number of ether oxygens (including phenoxy) is 2. The summed E-state index contributed by atoms with van der Waals surface area (Å²) in [5, 5.41) is 9.64. The van der Waals surface area contributed by atoms with Crippen molar-refractivity contribution in [3.05, 3.63) is 0 Å². The van der Waals surface area contributed by atoms with Gasteiger partial charge in [0.2, 0.25) is 0 Å². The first kappa shape index (κ1) is 18.7. The van der Waals surface area contributed by atoms with Gasteiger partial charge in [0.25, 0.3) is 0 Å². The van der Waals surface area contributed by atoms with Gasteiger partial charge in [-0.05, 0) is 39.5 Å². The Balaban J connectivity index is 2.60. The van der Waals surface area contributed by atoms with Crippen LogP contribution in [-0.4, -0.2) is 23.4 Å². The lowest BCUT2D eigenvalue weighted by Crippen LogP contribution is -2.51. The van der Waals surface area contributed by atoms with Gasteiger partial charge in [-0.2, -0.15) is 5.26 Å². The largest absolute Gasteiger partial charge is 0.347 e. The molecule has 0 radical (unpaired) electrons. The van der Waals surface area contributed by atoms with Gasteiger partial charge in [-0.15, -0.1) is 11.6 Å². The van der Waals surface area contributed by atoms with Crippen LogP contribution in [0.5, 0.6) is 0 Å². The van der Waals surface area contributed by atoms with E-state index in [1.54, 1.807) is 0 Å². The smallest absolute Gasteiger partial charge is 0.165 e. The van der Waals surface area contributed by atoms with Gasteiger partial charge < -0.3 is 9.47 Å². The van der Waals surface area contributed by atoms with Crippen LogP contribution in [0.3, 0.4) is 0 Å². The van der Waals surface area contributed by atoms with Crippen molar-refractivity contribution in [1.29, 1.82) is 5.26 Å². The maximum absolute atomic E-state index is 9.64. The fourth-order valence-corrected chi connectivity index (χ4v) is 3.28. The van der Waals surface area contributed by atoms with Crippen LogP contribution in [0.1, 0.15) is 78.6 Å². The highest BCUT2D eigenvalue weighted by Gasteiger charge is 2.45. The van der Waals surface area contributed by atoms with E-state index in [9.17, 15) is 5.26 Å². The Hall–Kier alpha value is -0.300. The normalized spacial score (nSPS) is 28.2. The van der Waals surface area contributed by atoms with E-state index in [1.165, 1.54) is 19.3 Å². The predicted molar refractivity (Wildman–Crippen MR) is 86.3 cm³/mol. The molecule has 0 aliphatic carbocycles. The lowest BCUT2D eigenvalue weighted by Gasteiger charge is -2.45. The minimum absolute atomic E-state index is 0.126. The molecule has 1 heterocycles. The van der Waals surface area contributed by atoms with Gasteiger partial charge in [-0.1, -0.05) is 32.6 Å². The standard InChI is InChI=1S/C17H30ClNO2/c1-4-5-6-7-10-15-13-17(14-19,11-8-9-12-18)21-16(2,3)20-15/h15H,4-13H2,1-3H3/t15-,17-/m0/s1. The molecule has 0 unspecified atom stereocenters. The molecule has 4 heteroatoms. The molecule has 1 aliphatic rings. The number of nitriles is 1. The second-order valence-electron chi connectivity index (χ2n) is 6.55. The number of rotatable bonds is 9. The first-order valence-corrected chi connectivity index (χ1v) is 8.85. The number of hydrogen-bond donors (Lipinski definition) is 0. The minimum atomic E-state index is -0.705. The number of nitrogens with zero attached hydrogens (tertiary/aromatic N) is 1. The summed E-state index contributed by atoms with van der Waals surface area (Å²) in [6.45, 7) is 6.04. The highest BCUT2D eigenvalue weighted by molar-refractivity contribution is 6.17. The molecule has 1 saturated heterocycles. The molecule has 1 rings (SSSR count). The Labute approximate surface area is 134 Å². The van der Waals surface area contributed by atoms with Crippen LogP contribution in [0.15, 0.2) is 0 Å². The molecule has 0 aromatic heterocycles. The zero-order valence-electron chi connectivity index (χ0n) is 13.8. The molecule has 2 atom stereocenters. The van der Waals surface area contributed by atoms with Gasteiger partial charge in [0.1, 0.15) is 0 Å². The van der Waals surface area contributed by atoms with Crippen LogP contribution < -0.4 is 0 Å². The Morgan fingerprint density at radius 2 is 1.95 bits per heavy atom. The van der Waals surface area contributed by atoms with Crippen LogP contribution >= 0.6 is 11.6 Å². The van der Waals surface area contributed by atoms with Crippen molar-refractivity contribution in [3.63, 3.8) is 0 Å². The third-order valence-electron chi connectivity index (χ3n) is 4.00. The highest BCUT2D eigenvalue weighted by atomic mass is 35.5. The van der Waals surface area contributed by atoms with E-state index in [2.05, 4.69) is 13.0 Å². The van der Waals surface area contributed by atoms with E-state index in [4.69, 9.17) is 21.1 Å². The van der Waals surface area contributed by atoms with Crippen molar-refractivity contribution in [2.75, 3.05) is 5.88 Å². The van der Waals surface area contributed by atoms with Gasteiger partial charge in [-0.25, -0.2) is 0 Å². The summed E-state index contributed by atoms with van der Waals surface area (Å²) in [7, 11) is 0. The van der Waals surface area contributed by atoms with Crippen molar-refractivity contribution in [2.24, 2.45) is 0 Å². The van der Waals surface area contributed by atoms with E-state index in [0.29, 0.717) is 12.3 Å². The zero-order valence-corrected chi connectivity index (χ0v) is 14.5. The summed E-state index contributed by atoms with van der Waals surface area (Å²) in [5.41, 5.74) is -0.705. The van der Waals surface area contributed by atoms with E-state index in [0.717, 1.165) is 32.1 Å². The van der Waals surface area contributed by atoms with Gasteiger partial charge in [0, 0.05) is 12.3 Å². The zero-order chi connectivity index (χ0) is 15.8. The Morgan fingerprint density at radius 1 is 1.19 bits per heavy atom. The lowest BCUT2D eigenvalue weighted by atomic mass is 9.88. The van der Waals surface area contributed by atoms with E-state index in [-0.39, 0.29) is 6.10 Å². The molecule has 3 nitrogen and oxygen atoms in total. The fourth-order valence-electron chi connectivity index (χ4n) is 3.09. The van der Waals surface area contributed by atoms with E-state index < -0.39 is 11.4 Å². The number of alkyl halides is 1. The van der Waals surface area contributed by atoms with Crippen molar-refractivity contribution in [2.45, 2.75) is 96.1 Å². The summed E-state index contributed by atoms with van der Waals surface area (Å²) in [4.78, 5) is 0. The number of halogens is 1. The monoisotopic (exact) mass is 315 g/mol. The molecule has 0 saturated carbocycles. The summed E-state index contributed by atoms with van der Waals surface area (Å²) in [5.74, 6) is -0.0355. The van der Waals surface area contributed by atoms with Crippen LogP contribution in [0.2, 0.25) is 0 Å². The third-order valence-corrected chi connectivity index (χ3v) is 4.26. The van der Waals surface area contributed by atoms with Crippen molar-refractivity contribution in [1.82, 2.24) is 0 Å². The Bertz CT molecular complexity index is 340. The SMILES string of the molecule is CCCCCC[C@H]1C[C@](C#N)(CCCCCl)OC(C)(C)O1. The lowest BCUT2D eigenvalue weighted by molar-refractivity contribution is -0.321. The summed E-state index contributed by atoms with van der Waals surface area (Å²) >= 11 is 5.74. The quantitative estimate of drug-likeness (QED) is 0.435. The first-order chi connectivity index (χ1) is 9.97. The molecule has 1 aliphatic heterocycles. The second-order valence-corrected chi connectivity index (χ2v) is 6.93. The molecule has 0 aromatic rings. The molecular formula is C17H30ClNO2. The van der Waals surface area contributed by atoms with Gasteiger partial charge in [-0.3, -0.25) is 0 Å². The maximum atomic E-state index is 9.64. The van der Waals surface area contributed by atoms with Crippen LogP contribution in [0.25, 0.3) is 0 Å². The Morgan fingerprint density at radius 3 is 2.57 bits per heavy atom. The fraction of sp³-hybridized carbons (Fsp3) is 0.941. The predicted octanol–water partition coefficient (Wildman–Crippen LogP) is 5.17. The molecule has 122 valence electrons. The average molecular weight is 316 g/mol. The van der Waals surface area contributed by atoms with Gasteiger partial charge >= 0.3 is 0 Å². The third kappa shape index (κ3) is 6.55. The van der Waals surface area contributed by atoms with Crippen LogP contribution in [0.4, 0.5) is 0 Å². The van der Waals surface area contributed by atoms with Gasteiger partial charge in [0.05, 0.1) is 12.2 Å². The molecule has 0 bridgehead atoms. The molecule has 0 spiro atoms. The van der Waals surface area contributed by atoms with Crippen molar-refractivity contribution < 1.29 is 9.47 Å². The summed E-state index contributed by atoms with van der Waals surface area (Å²) in [6.07, 6.45) is 9.34. The minimum Gasteiger partial charge on any atom is -0.347 e. The molecular weight excluding hydrogens is 286 g/mol. The van der Waals surface area contributed by atoms with E-state index in [1.807, 2.05) is 13.8 Å². The summed E-state index contributed by atoms with van der Waals surface area (Å²) in [6, 6.07) is 2.42. The topological polar surface area (TPSA) is 42.2 Å². The molecule has 21 heavy (non-hydrogen) atoms. The summed E-state index contributed by atoms with van der Waals surface area (Å²) < 4.78 is 12.0.